The van der Waals surface area contributed by atoms with Crippen LogP contribution in [0.25, 0.3) is 16.3 Å². The number of rotatable bonds is 6. The average Bonchev–Trinajstić information content (AvgIpc) is 3.53. The Bertz CT molecular complexity index is 1630. The second-order valence-corrected chi connectivity index (χ2v) is 10.7. The van der Waals surface area contributed by atoms with E-state index in [2.05, 4.69) is 9.98 Å². The van der Waals surface area contributed by atoms with Crippen LogP contribution >= 0.6 is 34.7 Å². The number of benzene rings is 3. The van der Waals surface area contributed by atoms with Crippen molar-refractivity contribution >= 4 is 79.0 Å². The van der Waals surface area contributed by atoms with Gasteiger partial charge in [0, 0.05) is 5.02 Å². The molecule has 8 nitrogen and oxygen atoms in total. The number of carbonyl (C=O) groups is 3. The molecule has 1 fully saturated rings. The molecule has 188 valence electrons. The molecule has 2 aliphatic rings. The van der Waals surface area contributed by atoms with Crippen molar-refractivity contribution in [2.75, 3.05) is 13.2 Å². The van der Waals surface area contributed by atoms with Gasteiger partial charge in [0.2, 0.25) is 5.13 Å². The summed E-state index contributed by atoms with van der Waals surface area (Å²) >= 11 is 8.70. The first-order chi connectivity index (χ1) is 18.5. The maximum absolute atomic E-state index is 13.4. The molecule has 3 heterocycles. The Morgan fingerprint density at radius 2 is 1.63 bits per heavy atom. The SMILES string of the molecule is O=C1c2ccccc2C(=O)N1OCCN1C(=O)/C(=C/c2ccccc2)S/C1=N\c1nc2ccc(Cl)cc2s1. The number of hydroxylamine groups is 2. The molecule has 3 aromatic carbocycles. The Balaban J connectivity index is 1.25. The quantitative estimate of drug-likeness (QED) is 0.219. The highest BCUT2D eigenvalue weighted by Crippen LogP contribution is 2.36. The van der Waals surface area contributed by atoms with Gasteiger partial charge in [-0.3, -0.25) is 24.1 Å². The zero-order valence-electron chi connectivity index (χ0n) is 19.5. The second kappa shape index (κ2) is 10.1. The van der Waals surface area contributed by atoms with Crippen molar-refractivity contribution in [2.24, 2.45) is 4.99 Å². The predicted molar refractivity (Wildman–Crippen MR) is 148 cm³/mol. The smallest absolute Gasteiger partial charge is 0.284 e. The normalized spacial score (nSPS) is 17.4. The van der Waals surface area contributed by atoms with Crippen LogP contribution in [-0.4, -0.2) is 51.0 Å². The lowest BCUT2D eigenvalue weighted by Gasteiger charge is -2.18. The van der Waals surface area contributed by atoms with Crippen molar-refractivity contribution in [3.05, 3.63) is 99.4 Å². The van der Waals surface area contributed by atoms with Crippen LogP contribution in [0, 0.1) is 0 Å². The van der Waals surface area contributed by atoms with Gasteiger partial charge >= 0.3 is 0 Å². The number of hydrogen-bond acceptors (Lipinski definition) is 8. The third-order valence-electron chi connectivity index (χ3n) is 5.81. The molecule has 0 saturated carbocycles. The lowest BCUT2D eigenvalue weighted by atomic mass is 10.1. The number of carbonyl (C=O) groups excluding carboxylic acids is 3. The van der Waals surface area contributed by atoms with Crippen molar-refractivity contribution in [3.63, 3.8) is 0 Å². The van der Waals surface area contributed by atoms with Crippen molar-refractivity contribution in [3.8, 4) is 0 Å². The van der Waals surface area contributed by atoms with Crippen LogP contribution in [0.3, 0.4) is 0 Å². The summed E-state index contributed by atoms with van der Waals surface area (Å²) in [6, 6.07) is 21.4. The number of aromatic nitrogens is 1. The van der Waals surface area contributed by atoms with Crippen LogP contribution in [0.15, 0.2) is 82.7 Å². The van der Waals surface area contributed by atoms with E-state index >= 15 is 0 Å². The molecule has 3 amide bonds. The van der Waals surface area contributed by atoms with Gasteiger partial charge in [0.1, 0.15) is 0 Å². The Labute approximate surface area is 230 Å². The van der Waals surface area contributed by atoms with E-state index in [0.29, 0.717) is 20.2 Å². The number of thiazole rings is 1. The Morgan fingerprint density at radius 3 is 2.37 bits per heavy atom. The van der Waals surface area contributed by atoms with Gasteiger partial charge in [-0.1, -0.05) is 65.4 Å². The van der Waals surface area contributed by atoms with Crippen LogP contribution in [0.5, 0.6) is 0 Å². The predicted octanol–water partition coefficient (Wildman–Crippen LogP) is 5.78. The lowest BCUT2D eigenvalue weighted by Crippen LogP contribution is -2.36. The highest BCUT2D eigenvalue weighted by Gasteiger charge is 2.38. The Kier molecular flexibility index (Phi) is 6.54. The summed E-state index contributed by atoms with van der Waals surface area (Å²) in [4.78, 5) is 55.3. The summed E-state index contributed by atoms with van der Waals surface area (Å²) in [6.07, 6.45) is 1.80. The minimum atomic E-state index is -0.528. The zero-order chi connectivity index (χ0) is 26.2. The fraction of sp³-hybridized carbons (Fsp3) is 0.0741. The first-order valence-corrected chi connectivity index (χ1v) is 13.5. The highest BCUT2D eigenvalue weighted by atomic mass is 35.5. The number of aliphatic imine (C=N–C) groups is 1. The molecule has 38 heavy (non-hydrogen) atoms. The molecule has 11 heteroatoms. The number of thioether (sulfide) groups is 1. The van der Waals surface area contributed by atoms with E-state index < -0.39 is 11.8 Å². The Morgan fingerprint density at radius 1 is 0.921 bits per heavy atom. The molecule has 0 aliphatic carbocycles. The van der Waals surface area contributed by atoms with Crippen molar-refractivity contribution < 1.29 is 19.2 Å². The number of amides is 3. The molecule has 6 rings (SSSR count). The molecule has 0 radical (unpaired) electrons. The highest BCUT2D eigenvalue weighted by molar-refractivity contribution is 8.18. The molecule has 2 aliphatic heterocycles. The van der Waals surface area contributed by atoms with Gasteiger partial charge in [0.15, 0.2) is 5.17 Å². The van der Waals surface area contributed by atoms with E-state index in [1.807, 2.05) is 42.5 Å². The van der Waals surface area contributed by atoms with Gasteiger partial charge in [-0.25, -0.2) is 4.98 Å². The summed E-state index contributed by atoms with van der Waals surface area (Å²) in [6.45, 7) is -0.0220. The van der Waals surface area contributed by atoms with Crippen molar-refractivity contribution in [1.29, 1.82) is 0 Å². The summed E-state index contributed by atoms with van der Waals surface area (Å²) < 4.78 is 0.881. The number of amidine groups is 1. The van der Waals surface area contributed by atoms with E-state index in [9.17, 15) is 14.4 Å². The molecule has 1 aromatic heterocycles. The minimum Gasteiger partial charge on any atom is -0.284 e. The van der Waals surface area contributed by atoms with Crippen LogP contribution in [0.1, 0.15) is 26.3 Å². The lowest BCUT2D eigenvalue weighted by molar-refractivity contribution is -0.125. The molecule has 4 aromatic rings. The van der Waals surface area contributed by atoms with E-state index in [1.54, 1.807) is 36.4 Å². The third-order valence-corrected chi connectivity index (χ3v) is 7.96. The maximum Gasteiger partial charge on any atom is 0.285 e. The second-order valence-electron chi connectivity index (χ2n) is 8.26. The summed E-state index contributed by atoms with van der Waals surface area (Å²) in [5.74, 6) is -1.31. The number of halogens is 1. The monoisotopic (exact) mass is 560 g/mol. The van der Waals surface area contributed by atoms with Crippen LogP contribution in [-0.2, 0) is 9.63 Å². The van der Waals surface area contributed by atoms with Crippen LogP contribution in [0.4, 0.5) is 5.13 Å². The number of imide groups is 1. The van der Waals surface area contributed by atoms with Gasteiger partial charge in [-0.15, -0.1) is 5.06 Å². The molecule has 0 bridgehead atoms. The number of nitrogens with zero attached hydrogens (tertiary/aromatic N) is 4. The standard InChI is InChI=1S/C27H17ClN4O4S2/c28-17-10-11-20-21(15-17)37-26(29-20)30-27-31(25(35)22(38-27)14-16-6-2-1-3-7-16)12-13-36-32-23(33)18-8-4-5-9-19(18)24(32)34/h1-11,14-15H,12-13H2/b22-14-,30-27-. The van der Waals surface area contributed by atoms with Crippen molar-refractivity contribution in [2.45, 2.75) is 0 Å². The maximum atomic E-state index is 13.4. The largest absolute Gasteiger partial charge is 0.285 e. The van der Waals surface area contributed by atoms with Crippen molar-refractivity contribution in [1.82, 2.24) is 14.9 Å². The molecular formula is C27H17ClN4O4S2. The Hall–Kier alpha value is -3.83. The molecule has 0 N–H and O–H groups in total. The molecule has 1 saturated heterocycles. The fourth-order valence-electron chi connectivity index (χ4n) is 4.01. The molecule has 0 unspecified atom stereocenters. The van der Waals surface area contributed by atoms with Gasteiger partial charge in [0.25, 0.3) is 17.7 Å². The number of fused-ring (bicyclic) bond motifs is 2. The minimum absolute atomic E-state index is 0.0704. The van der Waals surface area contributed by atoms with E-state index in [-0.39, 0.29) is 30.2 Å². The number of hydrogen-bond donors (Lipinski definition) is 0. The van der Waals surface area contributed by atoms with E-state index in [1.165, 1.54) is 28.0 Å². The van der Waals surface area contributed by atoms with E-state index in [4.69, 9.17) is 16.4 Å². The van der Waals surface area contributed by atoms with Gasteiger partial charge in [-0.05, 0) is 53.7 Å². The molecular weight excluding hydrogens is 544 g/mol. The topological polar surface area (TPSA) is 92.2 Å². The summed E-state index contributed by atoms with van der Waals surface area (Å²) in [5, 5.41) is 2.25. The van der Waals surface area contributed by atoms with Crippen LogP contribution in [0.2, 0.25) is 5.02 Å². The third kappa shape index (κ3) is 4.63. The summed E-state index contributed by atoms with van der Waals surface area (Å²) in [7, 11) is 0. The summed E-state index contributed by atoms with van der Waals surface area (Å²) in [5.41, 5.74) is 2.21. The first kappa shape index (κ1) is 24.5. The van der Waals surface area contributed by atoms with Gasteiger partial charge in [-0.2, -0.15) is 4.99 Å². The first-order valence-electron chi connectivity index (χ1n) is 11.5. The fourth-order valence-corrected chi connectivity index (χ4v) is 6.19. The van der Waals surface area contributed by atoms with E-state index in [0.717, 1.165) is 20.8 Å². The average molecular weight is 561 g/mol. The zero-order valence-corrected chi connectivity index (χ0v) is 21.9. The van der Waals surface area contributed by atoms with Crippen LogP contribution < -0.4 is 0 Å². The molecule has 0 atom stereocenters. The van der Waals surface area contributed by atoms with Gasteiger partial charge < -0.3 is 0 Å². The molecule has 0 spiro atoms. The van der Waals surface area contributed by atoms with Gasteiger partial charge in [0.05, 0.1) is 39.4 Å².